The number of rotatable bonds is 4. The Morgan fingerprint density at radius 1 is 1.41 bits per heavy atom. The Bertz CT molecular complexity index is 443. The number of hydrogen-bond donors (Lipinski definition) is 4. The van der Waals surface area contributed by atoms with Gasteiger partial charge in [0, 0.05) is 0 Å². The molecule has 6 heteroatoms. The van der Waals surface area contributed by atoms with Crippen molar-refractivity contribution in [1.29, 1.82) is 0 Å². The molecule has 1 aromatic rings. The Balaban J connectivity index is 2.90. The van der Waals surface area contributed by atoms with E-state index in [-0.39, 0.29) is 11.3 Å². The predicted molar refractivity (Wildman–Crippen MR) is 58.8 cm³/mol. The Hall–Kier alpha value is -2.08. The van der Waals surface area contributed by atoms with Gasteiger partial charge in [0.1, 0.15) is 5.75 Å². The van der Waals surface area contributed by atoms with Crippen LogP contribution in [0.25, 0.3) is 0 Å². The molecule has 0 saturated heterocycles. The van der Waals surface area contributed by atoms with Gasteiger partial charge in [-0.2, -0.15) is 0 Å². The molecule has 4 N–H and O–H groups in total. The largest absolute Gasteiger partial charge is 0.507 e. The molecule has 0 bridgehead atoms. The number of carboxylic acid groups (broad SMARTS) is 1. The lowest BCUT2D eigenvalue weighted by Crippen LogP contribution is -2.43. The molecule has 0 aliphatic heterocycles. The second-order valence-corrected chi connectivity index (χ2v) is 3.52. The van der Waals surface area contributed by atoms with Crippen molar-refractivity contribution in [2.45, 2.75) is 13.0 Å². The highest BCUT2D eigenvalue weighted by Crippen LogP contribution is 2.21. The predicted octanol–water partition coefficient (Wildman–Crippen LogP) is -0.124. The van der Waals surface area contributed by atoms with Crippen LogP contribution in [-0.2, 0) is 4.79 Å². The highest BCUT2D eigenvalue weighted by atomic mass is 16.4. The van der Waals surface area contributed by atoms with E-state index in [4.69, 9.17) is 10.2 Å². The SMILES string of the molecule is Cc1cccc(C(=O)N[C@H](CO)C(=O)O)c1O. The van der Waals surface area contributed by atoms with Crippen LogP contribution >= 0.6 is 0 Å². The van der Waals surface area contributed by atoms with Gasteiger partial charge in [-0.05, 0) is 18.6 Å². The maximum atomic E-state index is 11.6. The first-order valence-electron chi connectivity index (χ1n) is 4.90. The van der Waals surface area contributed by atoms with Crippen LogP contribution < -0.4 is 5.32 Å². The molecule has 1 aromatic carbocycles. The number of amides is 1. The summed E-state index contributed by atoms with van der Waals surface area (Å²) in [5.41, 5.74) is 0.484. The Morgan fingerprint density at radius 3 is 2.59 bits per heavy atom. The van der Waals surface area contributed by atoms with Crippen LogP contribution in [-0.4, -0.2) is 39.8 Å². The van der Waals surface area contributed by atoms with Gasteiger partial charge in [0.2, 0.25) is 0 Å². The van der Waals surface area contributed by atoms with Gasteiger partial charge >= 0.3 is 5.97 Å². The number of aliphatic hydroxyl groups excluding tert-OH is 1. The third kappa shape index (κ3) is 2.94. The first-order chi connectivity index (χ1) is 7.97. The fourth-order valence-corrected chi connectivity index (χ4v) is 1.26. The smallest absolute Gasteiger partial charge is 0.328 e. The molecule has 0 aliphatic carbocycles. The first-order valence-corrected chi connectivity index (χ1v) is 4.90. The number of phenols is 1. The summed E-state index contributed by atoms with van der Waals surface area (Å²) >= 11 is 0. The second-order valence-electron chi connectivity index (χ2n) is 3.52. The highest BCUT2D eigenvalue weighted by molar-refractivity contribution is 5.99. The number of hydrogen-bond acceptors (Lipinski definition) is 4. The van der Waals surface area contributed by atoms with Crippen LogP contribution in [0.15, 0.2) is 18.2 Å². The highest BCUT2D eigenvalue weighted by Gasteiger charge is 2.21. The van der Waals surface area contributed by atoms with Crippen molar-refractivity contribution >= 4 is 11.9 Å². The number of aromatic hydroxyl groups is 1. The molecule has 92 valence electrons. The van der Waals surface area contributed by atoms with E-state index >= 15 is 0 Å². The minimum Gasteiger partial charge on any atom is -0.507 e. The normalized spacial score (nSPS) is 11.9. The van der Waals surface area contributed by atoms with Crippen LogP contribution in [0.2, 0.25) is 0 Å². The van der Waals surface area contributed by atoms with E-state index in [1.807, 2.05) is 0 Å². The summed E-state index contributed by atoms with van der Waals surface area (Å²) in [6.45, 7) is 0.903. The molecule has 1 rings (SSSR count). The summed E-state index contributed by atoms with van der Waals surface area (Å²) < 4.78 is 0. The van der Waals surface area contributed by atoms with Crippen LogP contribution in [0, 0.1) is 6.92 Å². The van der Waals surface area contributed by atoms with Crippen molar-refractivity contribution in [3.63, 3.8) is 0 Å². The van der Waals surface area contributed by atoms with Crippen molar-refractivity contribution in [3.8, 4) is 5.75 Å². The van der Waals surface area contributed by atoms with Crippen molar-refractivity contribution in [1.82, 2.24) is 5.32 Å². The molecule has 0 heterocycles. The Kier molecular flexibility index (Phi) is 4.06. The van der Waals surface area contributed by atoms with E-state index in [9.17, 15) is 14.7 Å². The van der Waals surface area contributed by atoms with Crippen molar-refractivity contribution in [3.05, 3.63) is 29.3 Å². The summed E-state index contributed by atoms with van der Waals surface area (Å²) in [4.78, 5) is 22.3. The maximum Gasteiger partial charge on any atom is 0.328 e. The minimum absolute atomic E-state index is 0.0234. The van der Waals surface area contributed by atoms with E-state index in [0.29, 0.717) is 5.56 Å². The molecule has 6 nitrogen and oxygen atoms in total. The maximum absolute atomic E-state index is 11.6. The quantitative estimate of drug-likeness (QED) is 0.585. The van der Waals surface area contributed by atoms with E-state index in [0.717, 1.165) is 0 Å². The first kappa shape index (κ1) is 13.0. The fraction of sp³-hybridized carbons (Fsp3) is 0.273. The third-order valence-electron chi connectivity index (χ3n) is 2.27. The Labute approximate surface area is 97.5 Å². The number of aliphatic carboxylic acids is 1. The molecule has 0 radical (unpaired) electrons. The van der Waals surface area contributed by atoms with Gasteiger partial charge in [-0.25, -0.2) is 4.79 Å². The minimum atomic E-state index is -1.39. The molecular weight excluding hydrogens is 226 g/mol. The van der Waals surface area contributed by atoms with Gasteiger partial charge < -0.3 is 20.6 Å². The van der Waals surface area contributed by atoms with Gasteiger partial charge in [-0.1, -0.05) is 12.1 Å². The molecule has 0 aromatic heterocycles. The number of carbonyl (C=O) groups excluding carboxylic acids is 1. The monoisotopic (exact) mass is 239 g/mol. The molecular formula is C11H13NO5. The van der Waals surface area contributed by atoms with Crippen LogP contribution in [0.4, 0.5) is 0 Å². The molecule has 0 unspecified atom stereocenters. The van der Waals surface area contributed by atoms with Crippen LogP contribution in [0.5, 0.6) is 5.75 Å². The van der Waals surface area contributed by atoms with Crippen LogP contribution in [0.1, 0.15) is 15.9 Å². The molecule has 1 atom stereocenters. The van der Waals surface area contributed by atoms with Gasteiger partial charge in [-0.3, -0.25) is 4.79 Å². The zero-order valence-corrected chi connectivity index (χ0v) is 9.17. The summed E-state index contributed by atoms with van der Waals surface area (Å²) in [7, 11) is 0. The summed E-state index contributed by atoms with van der Waals surface area (Å²) in [6, 6.07) is 3.17. The van der Waals surface area contributed by atoms with Gasteiger partial charge in [0.05, 0.1) is 12.2 Å². The van der Waals surface area contributed by atoms with E-state index in [2.05, 4.69) is 5.32 Å². The lowest BCUT2D eigenvalue weighted by atomic mass is 10.1. The van der Waals surface area contributed by atoms with Crippen molar-refractivity contribution < 1.29 is 24.9 Å². The number of aliphatic hydroxyl groups is 1. The standard InChI is InChI=1S/C11H13NO5/c1-6-3-2-4-7(9(6)14)10(15)12-8(5-13)11(16)17/h2-4,8,13-14H,5H2,1H3,(H,12,15)(H,16,17)/t8-/m1/s1. The summed E-state index contributed by atoms with van der Waals surface area (Å²) in [5, 5.41) is 29.1. The zero-order valence-electron chi connectivity index (χ0n) is 9.17. The van der Waals surface area contributed by atoms with Crippen LogP contribution in [0.3, 0.4) is 0 Å². The average molecular weight is 239 g/mol. The lowest BCUT2D eigenvalue weighted by molar-refractivity contribution is -0.140. The van der Waals surface area contributed by atoms with Crippen molar-refractivity contribution in [2.24, 2.45) is 0 Å². The summed E-state index contributed by atoms with van der Waals surface area (Å²) in [6.07, 6.45) is 0. The molecule has 0 fully saturated rings. The molecule has 1 amide bonds. The number of nitrogens with one attached hydrogen (secondary N) is 1. The lowest BCUT2D eigenvalue weighted by Gasteiger charge is -2.12. The number of aryl methyl sites for hydroxylation is 1. The summed E-state index contributed by atoms with van der Waals surface area (Å²) in [5.74, 6) is -2.28. The van der Waals surface area contributed by atoms with E-state index in [1.54, 1.807) is 19.1 Å². The molecule has 0 spiro atoms. The van der Waals surface area contributed by atoms with E-state index in [1.165, 1.54) is 6.07 Å². The fourth-order valence-electron chi connectivity index (χ4n) is 1.26. The number of para-hydroxylation sites is 1. The average Bonchev–Trinajstić information content (AvgIpc) is 2.28. The van der Waals surface area contributed by atoms with Gasteiger partial charge in [0.15, 0.2) is 6.04 Å². The molecule has 17 heavy (non-hydrogen) atoms. The Morgan fingerprint density at radius 2 is 2.06 bits per heavy atom. The number of phenolic OH excluding ortho intramolecular Hbond substituents is 1. The molecule has 0 aliphatic rings. The van der Waals surface area contributed by atoms with Gasteiger partial charge in [-0.15, -0.1) is 0 Å². The number of benzene rings is 1. The second kappa shape index (κ2) is 5.31. The van der Waals surface area contributed by atoms with Gasteiger partial charge in [0.25, 0.3) is 5.91 Å². The topological polar surface area (TPSA) is 107 Å². The zero-order chi connectivity index (χ0) is 13.0. The number of carbonyl (C=O) groups is 2. The van der Waals surface area contributed by atoms with Crippen molar-refractivity contribution in [2.75, 3.05) is 6.61 Å². The third-order valence-corrected chi connectivity index (χ3v) is 2.27. The van der Waals surface area contributed by atoms with E-state index < -0.39 is 24.5 Å². The number of carboxylic acids is 1. The molecule has 0 saturated carbocycles.